The number of aromatic hydroxyl groups is 1. The lowest BCUT2D eigenvalue weighted by molar-refractivity contribution is 0.0761. The molecule has 0 spiro atoms. The Kier molecular flexibility index (Phi) is 5.28. The maximum atomic E-state index is 11.4. The Bertz CT molecular complexity index is 371. The lowest BCUT2D eigenvalue weighted by Crippen LogP contribution is -2.02. The molecule has 0 bridgehead atoms. The molecule has 5 nitrogen and oxygen atoms in total. The Morgan fingerprint density at radius 2 is 2.27 bits per heavy atom. The highest BCUT2D eigenvalue weighted by molar-refractivity contribution is 8.05. The predicted octanol–water partition coefficient (Wildman–Crippen LogP) is 1.21. The molecule has 15 heavy (non-hydrogen) atoms. The van der Waals surface area contributed by atoms with Crippen LogP contribution in [0.15, 0.2) is 24.3 Å². The van der Waals surface area contributed by atoms with Gasteiger partial charge in [0.15, 0.2) is 7.58 Å². The molecule has 0 aromatic heterocycles. The Morgan fingerprint density at radius 3 is 2.93 bits per heavy atom. The summed E-state index contributed by atoms with van der Waals surface area (Å²) in [4.78, 5) is 18.4. The number of rotatable bonds is 4. The fourth-order valence-corrected chi connectivity index (χ4v) is 1.83. The quantitative estimate of drug-likeness (QED) is 0.424. The maximum absolute atomic E-state index is 11.4. The molecule has 82 valence electrons. The Labute approximate surface area is 92.0 Å². The van der Waals surface area contributed by atoms with Crippen LogP contribution in [-0.4, -0.2) is 18.2 Å². The maximum Gasteiger partial charge on any atom is 0.350 e. The van der Waals surface area contributed by atoms with Crippen molar-refractivity contribution in [2.24, 2.45) is 0 Å². The van der Waals surface area contributed by atoms with Crippen LogP contribution in [0.1, 0.15) is 10.4 Å². The summed E-state index contributed by atoms with van der Waals surface area (Å²) in [5.74, 6) is -0.658. The molecule has 0 heterocycles. The third kappa shape index (κ3) is 3.97. The summed E-state index contributed by atoms with van der Waals surface area (Å²) in [6.07, 6.45) is 0. The van der Waals surface area contributed by atoms with Crippen LogP contribution in [-0.2, 0) is 20.5 Å². The molecule has 0 radical (unpaired) electrons. The zero-order valence-electron chi connectivity index (χ0n) is 7.88. The van der Waals surface area contributed by atoms with Crippen LogP contribution in [0.2, 0.25) is 0 Å². The number of para-hydroxylation sites is 1. The summed E-state index contributed by atoms with van der Waals surface area (Å²) in [5.41, 5.74) is 0.151. The fourth-order valence-electron chi connectivity index (χ4n) is 0.810. The minimum absolute atomic E-state index is 0.0888. The molecular formula is C8H10NO4PS. The number of carbonyl (C=O) groups excluding carboxylic acids is 1. The molecule has 7 heteroatoms. The molecule has 0 unspecified atom stereocenters. The van der Waals surface area contributed by atoms with Gasteiger partial charge in [0.1, 0.15) is 11.3 Å². The van der Waals surface area contributed by atoms with Crippen molar-refractivity contribution in [3.05, 3.63) is 29.8 Å². The first-order valence-corrected chi connectivity index (χ1v) is 6.34. The number of thiol groups is 1. The monoisotopic (exact) mass is 247 g/mol. The lowest BCUT2D eigenvalue weighted by Gasteiger charge is -2.00. The van der Waals surface area contributed by atoms with E-state index in [-0.39, 0.29) is 11.3 Å². The summed E-state index contributed by atoms with van der Waals surface area (Å²) in [6, 6.07) is 6.21. The first-order chi connectivity index (χ1) is 7.25. The minimum Gasteiger partial charge on any atom is -0.507 e. The van der Waals surface area contributed by atoms with E-state index in [4.69, 9.17) is 4.52 Å². The normalized spacial score (nSPS) is 11.0. The number of nitrogens with one attached hydrogen (secondary N) is 1. The Morgan fingerprint density at radius 1 is 1.53 bits per heavy atom. The molecule has 0 atom stereocenters. The molecule has 0 aliphatic carbocycles. The topological polar surface area (TPSA) is 67.8 Å². The van der Waals surface area contributed by atoms with E-state index in [2.05, 4.69) is 9.72 Å². The van der Waals surface area contributed by atoms with Gasteiger partial charge < -0.3 is 9.63 Å². The third-order valence-electron chi connectivity index (χ3n) is 1.42. The van der Waals surface area contributed by atoms with Gasteiger partial charge >= 0.3 is 5.97 Å². The van der Waals surface area contributed by atoms with Gasteiger partial charge in [-0.1, -0.05) is 12.1 Å². The fraction of sp³-hybridized carbons (Fsp3) is 0.125. The van der Waals surface area contributed by atoms with E-state index in [0.29, 0.717) is 18.7 Å². The number of hydrogen-bond acceptors (Lipinski definition) is 4. The molecule has 1 aromatic carbocycles. The highest BCUT2D eigenvalue weighted by Gasteiger charge is 2.10. The summed E-state index contributed by atoms with van der Waals surface area (Å²) in [6.45, 7) is 0. The van der Waals surface area contributed by atoms with Crippen LogP contribution in [0.3, 0.4) is 0 Å². The molecule has 1 aromatic rings. The molecular weight excluding hydrogens is 237 g/mol. The van der Waals surface area contributed by atoms with Crippen molar-refractivity contribution in [2.45, 2.75) is 0 Å². The second-order valence-electron chi connectivity index (χ2n) is 2.37. The SMILES string of the molecule is CON[SH]=POC(=O)c1ccccc1O. The van der Waals surface area contributed by atoms with Gasteiger partial charge in [0.25, 0.3) is 0 Å². The summed E-state index contributed by atoms with van der Waals surface area (Å²) in [5, 5.41) is 9.34. The average Bonchev–Trinajstić information content (AvgIpc) is 2.25. The van der Waals surface area contributed by atoms with E-state index < -0.39 is 5.97 Å². The van der Waals surface area contributed by atoms with E-state index in [0.717, 1.165) is 0 Å². The van der Waals surface area contributed by atoms with Crippen molar-refractivity contribution >= 4 is 24.7 Å². The molecule has 0 amide bonds. The first-order valence-electron chi connectivity index (χ1n) is 3.93. The first kappa shape index (κ1) is 12.1. The Hall–Kier alpha value is -0.940. The molecule has 0 aliphatic rings. The minimum atomic E-state index is -0.569. The highest BCUT2D eigenvalue weighted by Crippen LogP contribution is 2.18. The van der Waals surface area contributed by atoms with Crippen LogP contribution >= 0.6 is 7.58 Å². The number of hydrogen-bond donors (Lipinski definition) is 3. The number of phenols is 1. The third-order valence-corrected chi connectivity index (χ3v) is 2.75. The zero-order valence-corrected chi connectivity index (χ0v) is 9.66. The summed E-state index contributed by atoms with van der Waals surface area (Å²) < 4.78 is 4.83. The van der Waals surface area contributed by atoms with Gasteiger partial charge in [0.05, 0.1) is 7.11 Å². The van der Waals surface area contributed by atoms with Crippen molar-refractivity contribution < 1.29 is 19.3 Å². The van der Waals surface area contributed by atoms with E-state index in [1.54, 1.807) is 12.1 Å². The van der Waals surface area contributed by atoms with Crippen LogP contribution < -0.4 is 4.89 Å². The average molecular weight is 247 g/mol. The Balaban J connectivity index is 2.58. The van der Waals surface area contributed by atoms with Gasteiger partial charge in [0.2, 0.25) is 0 Å². The van der Waals surface area contributed by atoms with E-state index in [1.165, 1.54) is 19.2 Å². The van der Waals surface area contributed by atoms with E-state index in [1.807, 2.05) is 0 Å². The standard InChI is InChI=1S/C8H10NO4PS/c1-12-9-15-14-13-8(11)6-4-2-3-5-7(6)10/h2-5,9-10,15H,1H3. The van der Waals surface area contributed by atoms with Crippen LogP contribution in [0.5, 0.6) is 5.75 Å². The molecule has 0 aliphatic heterocycles. The molecule has 2 N–H and O–H groups in total. The van der Waals surface area contributed by atoms with Gasteiger partial charge in [-0.15, -0.1) is 4.89 Å². The van der Waals surface area contributed by atoms with Crippen molar-refractivity contribution in [2.75, 3.05) is 7.11 Å². The van der Waals surface area contributed by atoms with Gasteiger partial charge in [-0.05, 0) is 23.3 Å². The van der Waals surface area contributed by atoms with Gasteiger partial charge in [-0.25, -0.2) is 4.79 Å². The largest absolute Gasteiger partial charge is 0.507 e. The predicted molar refractivity (Wildman–Crippen MR) is 59.3 cm³/mol. The van der Waals surface area contributed by atoms with Crippen LogP contribution in [0, 0.1) is 0 Å². The summed E-state index contributed by atoms with van der Waals surface area (Å²) >= 11 is 0.600. The van der Waals surface area contributed by atoms with Crippen LogP contribution in [0.4, 0.5) is 0 Å². The number of carbonyl (C=O) groups is 1. The summed E-state index contributed by atoms with van der Waals surface area (Å²) in [7, 11) is 1.86. The van der Waals surface area contributed by atoms with Gasteiger partial charge in [-0.2, -0.15) is 0 Å². The molecule has 0 saturated carbocycles. The number of benzene rings is 1. The van der Waals surface area contributed by atoms with Crippen molar-refractivity contribution in [3.63, 3.8) is 0 Å². The number of phenolic OH excluding ortho intramolecular Hbond substituents is 1. The smallest absolute Gasteiger partial charge is 0.350 e. The second kappa shape index (κ2) is 6.53. The van der Waals surface area contributed by atoms with Gasteiger partial charge in [-0.3, -0.25) is 4.84 Å². The highest BCUT2D eigenvalue weighted by atomic mass is 32.5. The zero-order chi connectivity index (χ0) is 11.1. The van der Waals surface area contributed by atoms with Crippen molar-refractivity contribution in [1.29, 1.82) is 0 Å². The molecule has 1 rings (SSSR count). The van der Waals surface area contributed by atoms with E-state index in [9.17, 15) is 9.90 Å². The van der Waals surface area contributed by atoms with Crippen LogP contribution in [0.25, 0.3) is 0 Å². The molecule has 0 saturated heterocycles. The molecule has 0 fully saturated rings. The lowest BCUT2D eigenvalue weighted by atomic mass is 10.2. The van der Waals surface area contributed by atoms with E-state index >= 15 is 0 Å². The van der Waals surface area contributed by atoms with Crippen molar-refractivity contribution in [3.8, 4) is 5.75 Å². The second-order valence-corrected chi connectivity index (χ2v) is 4.19. The van der Waals surface area contributed by atoms with Gasteiger partial charge in [0, 0.05) is 0 Å². The van der Waals surface area contributed by atoms with Crippen molar-refractivity contribution in [1.82, 2.24) is 4.89 Å².